The van der Waals surface area contributed by atoms with Gasteiger partial charge in [0.05, 0.1) is 22.8 Å². The summed E-state index contributed by atoms with van der Waals surface area (Å²) in [6.07, 6.45) is 31.2. The largest absolute Gasteiger partial charge is 0.309 e. The summed E-state index contributed by atoms with van der Waals surface area (Å²) in [6.45, 7) is 0. The van der Waals surface area contributed by atoms with Gasteiger partial charge in [0, 0.05) is 40.8 Å². The van der Waals surface area contributed by atoms with Crippen LogP contribution in [-0.4, -0.2) is 28.5 Å². The van der Waals surface area contributed by atoms with Crippen LogP contribution in [0.2, 0.25) is 0 Å². The van der Waals surface area contributed by atoms with Gasteiger partial charge < -0.3 is 4.57 Å². The maximum atomic E-state index is 5.45. The Labute approximate surface area is 328 Å². The molecule has 3 unspecified atom stereocenters. The summed E-state index contributed by atoms with van der Waals surface area (Å²) in [4.78, 5) is 15.6. The SMILES string of the molecule is C1=CCC(C2=NC3C=C(C4=CC5=C(CC4)c4cccc(-n6c7ccccc7c7c(C8=CCCC=C8)cccc76)c4C5)CCC3C=NC(c3ccccc3)=N2)C=C1. The average molecular weight is 725 g/mol. The summed E-state index contributed by atoms with van der Waals surface area (Å²) >= 11 is 0. The first kappa shape index (κ1) is 33.2. The molecule has 1 aliphatic heterocycles. The molecule has 6 aliphatic rings. The summed E-state index contributed by atoms with van der Waals surface area (Å²) < 4.78 is 2.54. The zero-order chi connectivity index (χ0) is 37.0. The van der Waals surface area contributed by atoms with Crippen molar-refractivity contribution in [2.24, 2.45) is 26.8 Å². The highest BCUT2D eigenvalue weighted by Gasteiger charge is 2.32. The predicted molar refractivity (Wildman–Crippen MR) is 235 cm³/mol. The lowest BCUT2D eigenvalue weighted by atomic mass is 9.80. The van der Waals surface area contributed by atoms with Crippen molar-refractivity contribution in [2.45, 2.75) is 57.4 Å². The number of para-hydroxylation sites is 1. The van der Waals surface area contributed by atoms with Crippen molar-refractivity contribution in [3.63, 3.8) is 0 Å². The third kappa shape index (κ3) is 5.70. The van der Waals surface area contributed by atoms with Crippen LogP contribution in [0.15, 0.2) is 177 Å². The zero-order valence-electron chi connectivity index (χ0n) is 31.6. The van der Waals surface area contributed by atoms with Crippen LogP contribution in [0.3, 0.4) is 0 Å². The van der Waals surface area contributed by atoms with Gasteiger partial charge in [0.25, 0.3) is 0 Å². The van der Waals surface area contributed by atoms with E-state index in [-0.39, 0.29) is 17.9 Å². The molecule has 5 aromatic rings. The van der Waals surface area contributed by atoms with Crippen molar-refractivity contribution < 1.29 is 0 Å². The van der Waals surface area contributed by atoms with Gasteiger partial charge in [-0.3, -0.25) is 4.99 Å². The van der Waals surface area contributed by atoms with Gasteiger partial charge in [-0.25, -0.2) is 9.98 Å². The van der Waals surface area contributed by atoms with E-state index in [9.17, 15) is 0 Å². The first-order valence-corrected chi connectivity index (χ1v) is 20.5. The Hall–Kier alpha value is -6.13. The Balaban J connectivity index is 0.951. The molecule has 1 aromatic heterocycles. The second-order valence-electron chi connectivity index (χ2n) is 16.0. The number of amidine groups is 2. The normalized spacial score (nSPS) is 22.8. The van der Waals surface area contributed by atoms with Gasteiger partial charge in [-0.1, -0.05) is 127 Å². The van der Waals surface area contributed by atoms with E-state index in [0.29, 0.717) is 0 Å². The third-order valence-electron chi connectivity index (χ3n) is 12.7. The van der Waals surface area contributed by atoms with Crippen molar-refractivity contribution >= 4 is 50.8 Å². The Bertz CT molecular complexity index is 2750. The smallest absolute Gasteiger partial charge is 0.160 e. The number of aliphatic imine (C=N–C) groups is 3. The second-order valence-corrected chi connectivity index (χ2v) is 16.0. The minimum absolute atomic E-state index is 0.0293. The standard InChI is InChI=1S/C52H44N4/c1-4-14-34(15-5-1)42-21-12-25-49-50(42)44-20-10-11-23-47(44)56(49)48-24-13-22-43-41-29-28-37(30-40(41)31-45(43)48)38-26-27-39-33-53-51(35-16-6-2-7-17-35)55-52(54-46(39)32-38)36-18-8-3-9-19-36/h2-4,6-18,20-25,30,32-33,36,39,46H,1,5,19,26-29,31H2. The fraction of sp³-hybridized carbons (Fsp3) is 0.212. The molecule has 0 amide bonds. The van der Waals surface area contributed by atoms with Crippen LogP contribution in [0.25, 0.3) is 38.6 Å². The predicted octanol–water partition coefficient (Wildman–Crippen LogP) is 12.3. The van der Waals surface area contributed by atoms with Crippen LogP contribution >= 0.6 is 0 Å². The highest BCUT2D eigenvalue weighted by Crippen LogP contribution is 2.47. The first-order chi connectivity index (χ1) is 27.8. The molecule has 0 spiro atoms. The summed E-state index contributed by atoms with van der Waals surface area (Å²) in [5.74, 6) is 2.05. The van der Waals surface area contributed by atoms with Gasteiger partial charge in [-0.2, -0.15) is 0 Å². The van der Waals surface area contributed by atoms with Crippen LogP contribution in [0, 0.1) is 11.8 Å². The molecule has 4 aromatic carbocycles. The van der Waals surface area contributed by atoms with Gasteiger partial charge in [0.15, 0.2) is 5.84 Å². The fourth-order valence-electron chi connectivity index (χ4n) is 9.92. The van der Waals surface area contributed by atoms with Crippen molar-refractivity contribution in [3.8, 4) is 5.69 Å². The van der Waals surface area contributed by atoms with E-state index in [2.05, 4.69) is 150 Å². The molecule has 0 saturated heterocycles. The number of benzene rings is 4. The molecule has 11 rings (SSSR count). The lowest BCUT2D eigenvalue weighted by Gasteiger charge is -2.29. The molecule has 4 heteroatoms. The number of aromatic nitrogens is 1. The van der Waals surface area contributed by atoms with Gasteiger partial charge in [0.1, 0.15) is 5.84 Å². The third-order valence-corrected chi connectivity index (χ3v) is 12.7. The van der Waals surface area contributed by atoms with Crippen molar-refractivity contribution in [1.82, 2.24) is 4.57 Å². The molecule has 5 aliphatic carbocycles. The molecule has 0 radical (unpaired) electrons. The van der Waals surface area contributed by atoms with Crippen molar-refractivity contribution in [3.05, 3.63) is 185 Å². The van der Waals surface area contributed by atoms with Crippen molar-refractivity contribution in [1.29, 1.82) is 0 Å². The van der Waals surface area contributed by atoms with Crippen LogP contribution in [0.1, 0.15) is 67.2 Å². The molecule has 56 heavy (non-hydrogen) atoms. The number of fused-ring (bicyclic) bond motifs is 6. The van der Waals surface area contributed by atoms with E-state index >= 15 is 0 Å². The molecule has 0 bridgehead atoms. The quantitative estimate of drug-likeness (QED) is 0.173. The lowest BCUT2D eigenvalue weighted by molar-refractivity contribution is 0.538. The molecule has 4 nitrogen and oxygen atoms in total. The Morgan fingerprint density at radius 1 is 0.732 bits per heavy atom. The second kappa shape index (κ2) is 13.9. The van der Waals surface area contributed by atoms with Gasteiger partial charge in [-0.05, 0) is 108 Å². The molecule has 3 atom stereocenters. The molecule has 272 valence electrons. The summed E-state index contributed by atoms with van der Waals surface area (Å²) in [7, 11) is 0. The molecule has 0 saturated carbocycles. The van der Waals surface area contributed by atoms with Gasteiger partial charge in [-0.15, -0.1) is 0 Å². The number of rotatable bonds is 5. The van der Waals surface area contributed by atoms with E-state index in [1.54, 1.807) is 0 Å². The first-order valence-electron chi connectivity index (χ1n) is 20.5. The van der Waals surface area contributed by atoms with Crippen LogP contribution in [0.4, 0.5) is 0 Å². The lowest BCUT2D eigenvalue weighted by Crippen LogP contribution is -2.28. The van der Waals surface area contributed by atoms with Gasteiger partial charge >= 0.3 is 0 Å². The Kier molecular flexibility index (Phi) is 8.23. The maximum Gasteiger partial charge on any atom is 0.160 e. The van der Waals surface area contributed by atoms with E-state index in [1.807, 2.05) is 6.07 Å². The maximum absolute atomic E-state index is 5.45. The number of allylic oxidation sites excluding steroid dienone is 12. The molecular formula is C52H44N4. The number of hydrogen-bond donors (Lipinski definition) is 0. The highest BCUT2D eigenvalue weighted by molar-refractivity contribution is 6.15. The highest BCUT2D eigenvalue weighted by atomic mass is 15.0. The summed E-state index contributed by atoms with van der Waals surface area (Å²) in [5, 5.41) is 2.67. The molecular weight excluding hydrogens is 681 g/mol. The molecule has 0 fully saturated rings. The minimum Gasteiger partial charge on any atom is -0.309 e. The van der Waals surface area contributed by atoms with Crippen LogP contribution in [-0.2, 0) is 6.42 Å². The van der Waals surface area contributed by atoms with E-state index in [1.165, 1.54) is 72.0 Å². The summed E-state index contributed by atoms with van der Waals surface area (Å²) in [6, 6.07) is 33.2. The topological polar surface area (TPSA) is 42.0 Å². The van der Waals surface area contributed by atoms with E-state index in [0.717, 1.165) is 68.6 Å². The minimum atomic E-state index is 0.0293. The van der Waals surface area contributed by atoms with Crippen molar-refractivity contribution in [2.75, 3.05) is 0 Å². The Morgan fingerprint density at radius 3 is 2.50 bits per heavy atom. The number of nitrogens with zero attached hydrogens (tertiary/aromatic N) is 4. The van der Waals surface area contributed by atoms with E-state index < -0.39 is 0 Å². The number of hydrogen-bond acceptors (Lipinski definition) is 3. The molecule has 2 heterocycles. The summed E-state index contributed by atoms with van der Waals surface area (Å²) in [5.41, 5.74) is 16.4. The monoisotopic (exact) mass is 724 g/mol. The van der Waals surface area contributed by atoms with Crippen LogP contribution in [0.5, 0.6) is 0 Å². The molecule has 0 N–H and O–H groups in total. The zero-order valence-corrected chi connectivity index (χ0v) is 31.6. The van der Waals surface area contributed by atoms with Crippen LogP contribution < -0.4 is 0 Å². The van der Waals surface area contributed by atoms with Gasteiger partial charge in [0.2, 0.25) is 0 Å². The fourth-order valence-corrected chi connectivity index (χ4v) is 9.92. The average Bonchev–Trinajstić information content (AvgIpc) is 3.80. The Morgan fingerprint density at radius 2 is 1.61 bits per heavy atom. The van der Waals surface area contributed by atoms with E-state index in [4.69, 9.17) is 15.0 Å².